The third-order valence-electron chi connectivity index (χ3n) is 15.3. The number of hydrogen-bond donors (Lipinski definition) is 2. The molecule has 7 atom stereocenters. The third kappa shape index (κ3) is 28.3. The highest BCUT2D eigenvalue weighted by molar-refractivity contribution is 5.76. The molecule has 4 aromatic carbocycles. The molecule has 1 heterocycles. The summed E-state index contributed by atoms with van der Waals surface area (Å²) >= 11 is 0. The van der Waals surface area contributed by atoms with Crippen molar-refractivity contribution in [3.8, 4) is 0 Å². The minimum atomic E-state index is -0.965. The van der Waals surface area contributed by atoms with E-state index in [1.807, 2.05) is 84.9 Å². The maximum atomic E-state index is 14.0. The first-order valence-corrected chi connectivity index (χ1v) is 31.1. The summed E-state index contributed by atoms with van der Waals surface area (Å²) in [7, 11) is 0. The van der Waals surface area contributed by atoms with Crippen molar-refractivity contribution >= 4 is 5.91 Å². The van der Waals surface area contributed by atoms with E-state index in [4.69, 9.17) is 23.7 Å². The number of ether oxygens (including phenoxy) is 5. The lowest BCUT2D eigenvalue weighted by molar-refractivity contribution is -0.274. The minimum absolute atomic E-state index is 0.0361. The zero-order chi connectivity index (χ0) is 55.1. The first kappa shape index (κ1) is 64.7. The molecular weight excluding hydrogens is 967 g/mol. The quantitative estimate of drug-likeness (QED) is 0.0337. The van der Waals surface area contributed by atoms with E-state index in [9.17, 15) is 9.90 Å². The van der Waals surface area contributed by atoms with Gasteiger partial charge in [0.25, 0.3) is 0 Å². The van der Waals surface area contributed by atoms with Crippen LogP contribution < -0.4 is 5.32 Å². The van der Waals surface area contributed by atoms with Gasteiger partial charge in [-0.15, -0.1) is 0 Å². The van der Waals surface area contributed by atoms with Crippen LogP contribution in [0.15, 0.2) is 133 Å². The highest BCUT2D eigenvalue weighted by Crippen LogP contribution is 2.34. The van der Waals surface area contributed by atoms with E-state index < -0.39 is 42.7 Å². The Hall–Kier alpha value is -4.15. The number of aliphatic hydroxyl groups excluding tert-OH is 1. The van der Waals surface area contributed by atoms with Crippen LogP contribution in [0, 0.1) is 5.41 Å². The SMILES string of the molecule is CCCCCCCCCCCCCCCCCCCCCCCCCC(=O)N[C@@H](C[C@@H]1O[C@H](COCc2ccccc2)[C@H](OCc2ccccc2)[C@H](OCc2ccccc2)[C@H]1OCc1ccccc1)[C@H](O)C=CCC(C)(C)C. The van der Waals surface area contributed by atoms with Gasteiger partial charge in [-0.1, -0.05) is 302 Å². The molecule has 5 rings (SSSR count). The van der Waals surface area contributed by atoms with Crippen molar-refractivity contribution in [1.29, 1.82) is 0 Å². The van der Waals surface area contributed by atoms with E-state index in [1.54, 1.807) is 0 Å². The van der Waals surface area contributed by atoms with Gasteiger partial charge < -0.3 is 34.1 Å². The fourth-order valence-electron chi connectivity index (χ4n) is 10.7. The van der Waals surface area contributed by atoms with Gasteiger partial charge >= 0.3 is 0 Å². The van der Waals surface area contributed by atoms with Gasteiger partial charge in [0.1, 0.15) is 24.4 Å². The summed E-state index contributed by atoms with van der Waals surface area (Å²) in [6.07, 6.45) is 32.0. The molecular formula is C70H105NO7. The van der Waals surface area contributed by atoms with Crippen LogP contribution in [0.5, 0.6) is 0 Å². The summed E-state index contributed by atoms with van der Waals surface area (Å²) in [4.78, 5) is 14.0. The zero-order valence-electron chi connectivity index (χ0n) is 49.1. The molecule has 4 aromatic rings. The van der Waals surface area contributed by atoms with Gasteiger partial charge in [0.05, 0.1) is 51.3 Å². The Morgan fingerprint density at radius 3 is 1.27 bits per heavy atom. The summed E-state index contributed by atoms with van der Waals surface area (Å²) in [5, 5.41) is 15.4. The Kier molecular flexibility index (Phi) is 33.2. The maximum Gasteiger partial charge on any atom is 0.220 e. The van der Waals surface area contributed by atoms with Crippen LogP contribution >= 0.6 is 0 Å². The topological polar surface area (TPSA) is 95.5 Å². The van der Waals surface area contributed by atoms with Crippen molar-refractivity contribution in [2.75, 3.05) is 6.61 Å². The van der Waals surface area contributed by atoms with Crippen LogP contribution in [-0.4, -0.2) is 60.3 Å². The van der Waals surface area contributed by atoms with E-state index in [2.05, 4.69) is 81.5 Å². The number of benzene rings is 4. The average molecular weight is 1070 g/mol. The Morgan fingerprint density at radius 2 is 0.872 bits per heavy atom. The number of unbranched alkanes of at least 4 members (excludes halogenated alkanes) is 22. The van der Waals surface area contributed by atoms with E-state index in [0.29, 0.717) is 32.8 Å². The fraction of sp³-hybridized carbons (Fsp3) is 0.614. The number of amides is 1. The van der Waals surface area contributed by atoms with Crippen LogP contribution in [-0.2, 0) is 54.9 Å². The van der Waals surface area contributed by atoms with Gasteiger partial charge in [-0.3, -0.25) is 4.79 Å². The molecule has 0 bridgehead atoms. The van der Waals surface area contributed by atoms with Crippen molar-refractivity contribution in [2.45, 2.75) is 264 Å². The normalized spacial score (nSPS) is 18.6. The number of carbonyl (C=O) groups is 1. The second kappa shape index (κ2) is 40.1. The molecule has 8 nitrogen and oxygen atoms in total. The number of aliphatic hydroxyl groups is 1. The average Bonchev–Trinajstić information content (AvgIpc) is 3.48. The number of carbonyl (C=O) groups excluding carboxylic acids is 1. The van der Waals surface area contributed by atoms with Gasteiger partial charge in [0.2, 0.25) is 5.91 Å². The molecule has 0 unspecified atom stereocenters. The molecule has 0 saturated carbocycles. The molecule has 8 heteroatoms. The molecule has 432 valence electrons. The van der Waals surface area contributed by atoms with Crippen molar-refractivity contribution in [3.63, 3.8) is 0 Å². The highest BCUT2D eigenvalue weighted by Gasteiger charge is 2.49. The van der Waals surface area contributed by atoms with Crippen LogP contribution in [0.3, 0.4) is 0 Å². The first-order chi connectivity index (χ1) is 38.2. The van der Waals surface area contributed by atoms with Crippen LogP contribution in [0.1, 0.15) is 217 Å². The van der Waals surface area contributed by atoms with Crippen molar-refractivity contribution in [2.24, 2.45) is 5.41 Å². The maximum absolute atomic E-state index is 14.0. The van der Waals surface area contributed by atoms with E-state index >= 15 is 0 Å². The predicted molar refractivity (Wildman–Crippen MR) is 322 cm³/mol. The Balaban J connectivity index is 1.18. The zero-order valence-corrected chi connectivity index (χ0v) is 49.1. The lowest BCUT2D eigenvalue weighted by Crippen LogP contribution is -2.62. The highest BCUT2D eigenvalue weighted by atomic mass is 16.6. The summed E-state index contributed by atoms with van der Waals surface area (Å²) in [6, 6.07) is 39.9. The number of hydrogen-bond acceptors (Lipinski definition) is 7. The number of rotatable bonds is 43. The van der Waals surface area contributed by atoms with E-state index in [-0.39, 0.29) is 24.3 Å². The van der Waals surface area contributed by atoms with Gasteiger partial charge in [0.15, 0.2) is 0 Å². The van der Waals surface area contributed by atoms with Crippen LogP contribution in [0.2, 0.25) is 0 Å². The largest absolute Gasteiger partial charge is 0.387 e. The van der Waals surface area contributed by atoms with Crippen molar-refractivity contribution in [3.05, 3.63) is 156 Å². The second-order valence-corrected chi connectivity index (χ2v) is 23.6. The molecule has 0 radical (unpaired) electrons. The second-order valence-electron chi connectivity index (χ2n) is 23.6. The van der Waals surface area contributed by atoms with Gasteiger partial charge in [-0.05, 0) is 46.9 Å². The molecule has 1 saturated heterocycles. The summed E-state index contributed by atoms with van der Waals surface area (Å²) in [5.41, 5.74) is 4.16. The minimum Gasteiger partial charge on any atom is -0.387 e. The monoisotopic (exact) mass is 1070 g/mol. The predicted octanol–water partition coefficient (Wildman–Crippen LogP) is 17.3. The van der Waals surface area contributed by atoms with E-state index in [0.717, 1.165) is 47.9 Å². The lowest BCUT2D eigenvalue weighted by atomic mass is 9.88. The molecule has 0 spiro atoms. The third-order valence-corrected chi connectivity index (χ3v) is 15.3. The summed E-state index contributed by atoms with van der Waals surface area (Å²) < 4.78 is 34.6. The molecule has 2 N–H and O–H groups in total. The van der Waals surface area contributed by atoms with Gasteiger partial charge in [0, 0.05) is 6.42 Å². The molecule has 1 amide bonds. The molecule has 0 aliphatic carbocycles. The molecule has 1 aliphatic rings. The first-order valence-electron chi connectivity index (χ1n) is 31.1. The van der Waals surface area contributed by atoms with Crippen LogP contribution in [0.4, 0.5) is 0 Å². The molecule has 1 aliphatic heterocycles. The van der Waals surface area contributed by atoms with Crippen molar-refractivity contribution < 1.29 is 33.6 Å². The summed E-state index contributed by atoms with van der Waals surface area (Å²) in [5.74, 6) is -0.0620. The number of allylic oxidation sites excluding steroid dienone is 1. The fourth-order valence-corrected chi connectivity index (χ4v) is 10.7. The molecule has 0 aromatic heterocycles. The molecule has 78 heavy (non-hydrogen) atoms. The number of nitrogens with one attached hydrogen (secondary N) is 1. The van der Waals surface area contributed by atoms with Gasteiger partial charge in [-0.25, -0.2) is 0 Å². The van der Waals surface area contributed by atoms with E-state index in [1.165, 1.54) is 128 Å². The Bertz CT molecular complexity index is 2080. The standard InChI is InChI=1S/C70H105NO7/c1-5-6-7-8-9-10-11-12-13-14-15-16-17-18-19-20-21-22-23-24-25-26-39-50-66(73)71-62(63(72)49-40-51-70(2,3)4)52-64-67(75-54-59-43-33-28-34-44-59)69(77-56-61-47-37-30-38-48-61)68(76-55-60-45-35-29-36-46-60)65(78-64)57-74-53-58-41-31-27-32-42-58/h27-38,40-49,62-65,67-69,72H,5-26,39,50-57H2,1-4H3,(H,71,73)/t62-,63+,64-,65+,67-,68-,69+/m0/s1. The molecule has 1 fully saturated rings. The smallest absolute Gasteiger partial charge is 0.220 e. The van der Waals surface area contributed by atoms with Gasteiger partial charge in [-0.2, -0.15) is 0 Å². The van der Waals surface area contributed by atoms with Crippen LogP contribution in [0.25, 0.3) is 0 Å². The Morgan fingerprint density at radius 1 is 0.513 bits per heavy atom. The lowest BCUT2D eigenvalue weighted by Gasteiger charge is -2.47. The summed E-state index contributed by atoms with van der Waals surface area (Å²) in [6.45, 7) is 10.4. The van der Waals surface area contributed by atoms with Crippen molar-refractivity contribution in [1.82, 2.24) is 5.32 Å². The Labute approximate surface area is 474 Å².